The molecule has 1 fully saturated rings. The number of hydrogen-bond acceptors (Lipinski definition) is 4. The third kappa shape index (κ3) is 5.28. The molecule has 1 aliphatic heterocycles. The van der Waals surface area contributed by atoms with E-state index in [9.17, 15) is 14.7 Å². The van der Waals surface area contributed by atoms with E-state index >= 15 is 0 Å². The van der Waals surface area contributed by atoms with Gasteiger partial charge < -0.3 is 20.5 Å². The number of rotatable bonds is 9. The number of amides is 1. The summed E-state index contributed by atoms with van der Waals surface area (Å²) in [5, 5.41) is 9.24. The van der Waals surface area contributed by atoms with Gasteiger partial charge >= 0.3 is 5.97 Å². The highest BCUT2D eigenvalue weighted by atomic mass is 16.5. The number of carbonyl (C=O) groups is 2. The number of carbonyl (C=O) groups excluding carboxylic acids is 1. The summed E-state index contributed by atoms with van der Waals surface area (Å²) < 4.78 is 5.28. The van der Waals surface area contributed by atoms with Crippen LogP contribution in [-0.4, -0.2) is 54.2 Å². The van der Waals surface area contributed by atoms with Crippen LogP contribution in [0.2, 0.25) is 0 Å². The van der Waals surface area contributed by atoms with Crippen LogP contribution in [0, 0.1) is 11.8 Å². The highest BCUT2D eigenvalue weighted by molar-refractivity contribution is 5.78. The molecule has 1 rings (SSSR count). The zero-order chi connectivity index (χ0) is 15.8. The molecule has 21 heavy (non-hydrogen) atoms. The van der Waals surface area contributed by atoms with E-state index in [2.05, 4.69) is 6.92 Å². The van der Waals surface area contributed by atoms with Crippen molar-refractivity contribution in [3.8, 4) is 0 Å². The van der Waals surface area contributed by atoms with Gasteiger partial charge in [-0.25, -0.2) is 0 Å². The van der Waals surface area contributed by atoms with Crippen molar-refractivity contribution in [3.05, 3.63) is 0 Å². The van der Waals surface area contributed by atoms with Gasteiger partial charge in [0, 0.05) is 13.0 Å². The molecule has 0 aliphatic carbocycles. The lowest BCUT2D eigenvalue weighted by atomic mass is 9.99. The molecule has 0 radical (unpaired) electrons. The Morgan fingerprint density at radius 3 is 2.67 bits per heavy atom. The maximum atomic E-state index is 12.4. The molecule has 0 aromatic rings. The molecule has 0 saturated carbocycles. The molecule has 0 bridgehead atoms. The highest BCUT2D eigenvalue weighted by Gasteiger charge is 2.39. The van der Waals surface area contributed by atoms with E-state index in [1.807, 2.05) is 6.92 Å². The topological polar surface area (TPSA) is 92.9 Å². The molecule has 0 aromatic heterocycles. The van der Waals surface area contributed by atoms with Gasteiger partial charge in [0.05, 0.1) is 19.3 Å². The van der Waals surface area contributed by atoms with Crippen molar-refractivity contribution in [3.63, 3.8) is 0 Å². The molecule has 3 unspecified atom stereocenters. The lowest BCUT2D eigenvalue weighted by Gasteiger charge is -2.30. The average Bonchev–Trinajstić information content (AvgIpc) is 2.91. The second-order valence-corrected chi connectivity index (χ2v) is 5.86. The normalized spacial score (nSPS) is 23.0. The van der Waals surface area contributed by atoms with Crippen molar-refractivity contribution in [1.29, 1.82) is 0 Å². The van der Waals surface area contributed by atoms with Crippen LogP contribution < -0.4 is 5.73 Å². The van der Waals surface area contributed by atoms with Crippen molar-refractivity contribution in [2.45, 2.75) is 45.6 Å². The summed E-state index contributed by atoms with van der Waals surface area (Å²) in [6.07, 6.45) is 2.96. The summed E-state index contributed by atoms with van der Waals surface area (Å²) in [4.78, 5) is 25.4. The third-order valence-electron chi connectivity index (χ3n) is 4.06. The number of carboxylic acids is 1. The van der Waals surface area contributed by atoms with Gasteiger partial charge in [-0.15, -0.1) is 0 Å². The monoisotopic (exact) mass is 300 g/mol. The van der Waals surface area contributed by atoms with E-state index in [0.717, 1.165) is 19.3 Å². The first-order valence-corrected chi connectivity index (χ1v) is 7.81. The summed E-state index contributed by atoms with van der Waals surface area (Å²) in [6, 6.07) is -0.334. The Labute approximate surface area is 126 Å². The Balaban J connectivity index is 2.63. The van der Waals surface area contributed by atoms with Crippen LogP contribution >= 0.6 is 0 Å². The standard InChI is InChI=1S/C15H28N2O4/c1-3-8-17(13-10-21-9-12(13)15(19)20)14(18)5-4-11(2)6-7-16/h11-13H,3-10,16H2,1-2H3,(H,19,20). The zero-order valence-corrected chi connectivity index (χ0v) is 13.1. The summed E-state index contributed by atoms with van der Waals surface area (Å²) in [6.45, 7) is 5.80. The van der Waals surface area contributed by atoms with Gasteiger partial charge in [-0.3, -0.25) is 9.59 Å². The van der Waals surface area contributed by atoms with E-state index < -0.39 is 11.9 Å². The van der Waals surface area contributed by atoms with Gasteiger partial charge in [0.2, 0.25) is 5.91 Å². The van der Waals surface area contributed by atoms with E-state index in [1.165, 1.54) is 0 Å². The van der Waals surface area contributed by atoms with E-state index in [-0.39, 0.29) is 18.6 Å². The van der Waals surface area contributed by atoms with Gasteiger partial charge in [-0.05, 0) is 31.7 Å². The Bertz CT molecular complexity index is 349. The third-order valence-corrected chi connectivity index (χ3v) is 4.06. The van der Waals surface area contributed by atoms with Crippen LogP contribution in [0.3, 0.4) is 0 Å². The van der Waals surface area contributed by atoms with Gasteiger partial charge in [-0.2, -0.15) is 0 Å². The van der Waals surface area contributed by atoms with Gasteiger partial charge in [0.25, 0.3) is 0 Å². The molecule has 1 heterocycles. The molecule has 1 aliphatic rings. The quantitative estimate of drug-likeness (QED) is 0.665. The summed E-state index contributed by atoms with van der Waals surface area (Å²) in [5.74, 6) is -1.05. The number of ether oxygens (including phenoxy) is 1. The van der Waals surface area contributed by atoms with Gasteiger partial charge in [0.15, 0.2) is 0 Å². The van der Waals surface area contributed by atoms with E-state index in [0.29, 0.717) is 32.0 Å². The minimum atomic E-state index is -0.886. The average molecular weight is 300 g/mol. The van der Waals surface area contributed by atoms with Crippen LogP contribution in [0.15, 0.2) is 0 Å². The van der Waals surface area contributed by atoms with Crippen molar-refractivity contribution < 1.29 is 19.4 Å². The molecule has 0 aromatic carbocycles. The Morgan fingerprint density at radius 2 is 2.10 bits per heavy atom. The Hall–Kier alpha value is -1.14. The Morgan fingerprint density at radius 1 is 1.38 bits per heavy atom. The van der Waals surface area contributed by atoms with Crippen LogP contribution in [0.1, 0.15) is 39.5 Å². The molecule has 6 nitrogen and oxygen atoms in total. The molecular weight excluding hydrogens is 272 g/mol. The largest absolute Gasteiger partial charge is 0.481 e. The Kier molecular flexibility index (Phi) is 7.67. The summed E-state index contributed by atoms with van der Waals surface area (Å²) >= 11 is 0. The lowest BCUT2D eigenvalue weighted by molar-refractivity contribution is -0.145. The van der Waals surface area contributed by atoms with Crippen LogP contribution in [0.25, 0.3) is 0 Å². The predicted molar refractivity (Wildman–Crippen MR) is 79.8 cm³/mol. The molecule has 122 valence electrons. The van der Waals surface area contributed by atoms with Crippen molar-refractivity contribution >= 4 is 11.9 Å². The molecule has 6 heteroatoms. The first kappa shape index (κ1) is 17.9. The molecule has 3 N–H and O–H groups in total. The number of nitrogens with two attached hydrogens (primary N) is 1. The SMILES string of the molecule is CCCN(C(=O)CCC(C)CCN)C1COCC1C(=O)O. The first-order chi connectivity index (χ1) is 10.0. The first-order valence-electron chi connectivity index (χ1n) is 7.81. The lowest BCUT2D eigenvalue weighted by Crippen LogP contribution is -2.47. The zero-order valence-electron chi connectivity index (χ0n) is 13.1. The van der Waals surface area contributed by atoms with Crippen LogP contribution in [0.5, 0.6) is 0 Å². The van der Waals surface area contributed by atoms with Crippen molar-refractivity contribution in [2.75, 3.05) is 26.3 Å². The minimum Gasteiger partial charge on any atom is -0.481 e. The maximum Gasteiger partial charge on any atom is 0.311 e. The van der Waals surface area contributed by atoms with Gasteiger partial charge in [0.1, 0.15) is 5.92 Å². The fourth-order valence-corrected chi connectivity index (χ4v) is 2.74. The smallest absolute Gasteiger partial charge is 0.311 e. The predicted octanol–water partition coefficient (Wildman–Crippen LogP) is 1.09. The second kappa shape index (κ2) is 9.00. The van der Waals surface area contributed by atoms with Gasteiger partial charge in [-0.1, -0.05) is 13.8 Å². The molecule has 1 saturated heterocycles. The molecule has 1 amide bonds. The molecule has 3 atom stereocenters. The maximum absolute atomic E-state index is 12.4. The van der Waals surface area contributed by atoms with E-state index in [4.69, 9.17) is 10.5 Å². The van der Waals surface area contributed by atoms with Crippen molar-refractivity contribution in [1.82, 2.24) is 4.90 Å². The molecular formula is C15H28N2O4. The summed E-state index contributed by atoms with van der Waals surface area (Å²) in [5.41, 5.74) is 5.52. The number of carboxylic acid groups (broad SMARTS) is 1. The summed E-state index contributed by atoms with van der Waals surface area (Å²) in [7, 11) is 0. The van der Waals surface area contributed by atoms with E-state index in [1.54, 1.807) is 4.90 Å². The fourth-order valence-electron chi connectivity index (χ4n) is 2.74. The number of aliphatic carboxylic acids is 1. The number of hydrogen-bond donors (Lipinski definition) is 2. The number of nitrogens with zero attached hydrogens (tertiary/aromatic N) is 1. The van der Waals surface area contributed by atoms with Crippen molar-refractivity contribution in [2.24, 2.45) is 17.6 Å². The molecule has 0 spiro atoms. The highest BCUT2D eigenvalue weighted by Crippen LogP contribution is 2.22. The van der Waals surface area contributed by atoms with Crippen LogP contribution in [0.4, 0.5) is 0 Å². The van der Waals surface area contributed by atoms with Crippen LogP contribution in [-0.2, 0) is 14.3 Å². The second-order valence-electron chi connectivity index (χ2n) is 5.86. The fraction of sp³-hybridized carbons (Fsp3) is 0.867. The minimum absolute atomic E-state index is 0.0301.